The van der Waals surface area contributed by atoms with Gasteiger partial charge >= 0.3 is 0 Å². The third-order valence-corrected chi connectivity index (χ3v) is 30.4. The number of benzene rings is 1. The third-order valence-electron chi connectivity index (χ3n) is 30.4. The Kier molecular flexibility index (Phi) is 50.2. The number of aryl methyl sites for hydroxylation is 1. The number of likely N-dealkylation sites (N-methyl/N-ethyl adjacent to an activating group) is 1. The molecule has 1 aromatic rings. The van der Waals surface area contributed by atoms with Crippen molar-refractivity contribution in [2.24, 2.45) is 62.6 Å². The predicted molar refractivity (Wildman–Crippen MR) is 523 cm³/mol. The number of Topliss-reactive ketones (excluding diaryl/α,β-unsaturated/α-hetero) is 6. The highest BCUT2D eigenvalue weighted by molar-refractivity contribution is 5.87. The lowest BCUT2D eigenvalue weighted by molar-refractivity contribution is -0.135. The second kappa shape index (κ2) is 55.9. The van der Waals surface area contributed by atoms with Gasteiger partial charge in [0.1, 0.15) is 34.7 Å². The van der Waals surface area contributed by atoms with Crippen LogP contribution in [0.2, 0.25) is 0 Å². The van der Waals surface area contributed by atoms with Gasteiger partial charge in [0.05, 0.1) is 13.2 Å². The molecule has 718 valence electrons. The predicted octanol–water partition coefficient (Wildman–Crippen LogP) is 18.6. The minimum atomic E-state index is -0.113. The molecule has 1 aromatic carbocycles. The molecule has 0 unspecified atom stereocenters. The first kappa shape index (κ1) is 111. The number of piperazine rings is 1. The Morgan fingerprint density at radius 2 is 0.653 bits per heavy atom. The molecule has 0 amide bonds. The normalized spacial score (nSPS) is 21.9. The Labute approximate surface area is 763 Å². The number of ketones is 6. The molecule has 0 bridgehead atoms. The van der Waals surface area contributed by atoms with Crippen LogP contribution >= 0.6 is 0 Å². The summed E-state index contributed by atoms with van der Waals surface area (Å²) in [5.41, 5.74) is 0.891. The second-order valence-corrected chi connectivity index (χ2v) is 44.6. The number of likely N-dealkylation sites (tertiary alicyclic amines) is 7. The molecule has 0 aliphatic carbocycles. The van der Waals surface area contributed by atoms with Crippen molar-refractivity contribution in [2.75, 3.05) is 191 Å². The summed E-state index contributed by atoms with van der Waals surface area (Å²) in [5.74, 6) is 6.32. The van der Waals surface area contributed by atoms with E-state index in [0.717, 1.165) is 305 Å². The number of hydrogen-bond donors (Lipinski definition) is 0. The van der Waals surface area contributed by atoms with E-state index in [1.807, 2.05) is 18.2 Å². The molecular weight excluding hydrogens is 1540 g/mol. The average Bonchev–Trinajstić information content (AvgIpc) is 0.810. The molecule has 9 fully saturated rings. The maximum Gasteiger partial charge on any atom is 0.140 e. The van der Waals surface area contributed by atoms with Gasteiger partial charge < -0.3 is 48.8 Å². The number of hydrogen-bond acceptors (Lipinski definition) is 18. The lowest BCUT2D eigenvalue weighted by atomic mass is 9.72. The van der Waals surface area contributed by atoms with Gasteiger partial charge in [0.25, 0.3) is 0 Å². The van der Waals surface area contributed by atoms with Crippen molar-refractivity contribution >= 4 is 34.7 Å². The van der Waals surface area contributed by atoms with Crippen LogP contribution in [0.5, 0.6) is 0 Å². The van der Waals surface area contributed by atoms with Crippen LogP contribution in [0, 0.1) is 62.6 Å². The Morgan fingerprint density at radius 1 is 0.355 bits per heavy atom. The maximum absolute atomic E-state index is 13.2. The fraction of sp³-hybridized carbons (Fsp3) is 0.887. The second-order valence-electron chi connectivity index (χ2n) is 44.6. The lowest BCUT2D eigenvalue weighted by Gasteiger charge is -2.46. The fourth-order valence-corrected chi connectivity index (χ4v) is 20.5. The van der Waals surface area contributed by atoms with Crippen molar-refractivity contribution in [2.45, 2.75) is 357 Å². The highest BCUT2D eigenvalue weighted by Crippen LogP contribution is 2.42. The van der Waals surface area contributed by atoms with Gasteiger partial charge in [-0.25, -0.2) is 0 Å². The largest absolute Gasteiger partial charge is 0.379 e. The van der Waals surface area contributed by atoms with Crippen molar-refractivity contribution in [3.05, 3.63) is 35.9 Å². The summed E-state index contributed by atoms with van der Waals surface area (Å²) >= 11 is 0. The summed E-state index contributed by atoms with van der Waals surface area (Å²) in [6, 6.07) is 13.9. The molecule has 9 aliphatic rings. The van der Waals surface area contributed by atoms with E-state index < -0.39 is 0 Å². The van der Waals surface area contributed by atoms with E-state index in [-0.39, 0.29) is 27.1 Å². The zero-order valence-corrected chi connectivity index (χ0v) is 85.7. The van der Waals surface area contributed by atoms with Gasteiger partial charge in [-0.1, -0.05) is 113 Å². The molecule has 9 saturated heterocycles. The van der Waals surface area contributed by atoms with Gasteiger partial charge in [0.2, 0.25) is 0 Å². The summed E-state index contributed by atoms with van der Waals surface area (Å²) in [5, 5.41) is 0. The number of ether oxygens (including phenoxy) is 1. The van der Waals surface area contributed by atoms with Gasteiger partial charge in [-0.05, 0) is 346 Å². The Bertz CT molecular complexity index is 3100. The van der Waals surface area contributed by atoms with Crippen LogP contribution < -0.4 is 0 Å². The maximum atomic E-state index is 13.2. The highest BCUT2D eigenvalue weighted by Gasteiger charge is 2.47. The molecule has 0 aromatic heterocycles. The summed E-state index contributed by atoms with van der Waals surface area (Å²) in [7, 11) is 4.18. The van der Waals surface area contributed by atoms with E-state index in [0.29, 0.717) is 113 Å². The van der Waals surface area contributed by atoms with Crippen LogP contribution in [-0.4, -0.2) is 316 Å². The van der Waals surface area contributed by atoms with E-state index in [1.165, 1.54) is 25.1 Å². The molecular formula is C106H197N11O7. The first-order valence-corrected chi connectivity index (χ1v) is 51.3. The molecule has 0 saturated carbocycles. The summed E-state index contributed by atoms with van der Waals surface area (Å²) < 4.78 is 5.47. The average molecular weight is 1740 g/mol. The van der Waals surface area contributed by atoms with E-state index >= 15 is 0 Å². The molecule has 0 N–H and O–H groups in total. The highest BCUT2D eigenvalue weighted by atomic mass is 16.5. The van der Waals surface area contributed by atoms with E-state index in [9.17, 15) is 28.8 Å². The van der Waals surface area contributed by atoms with Gasteiger partial charge in [0.15, 0.2) is 0 Å². The van der Waals surface area contributed by atoms with Gasteiger partial charge in [-0.15, -0.1) is 0 Å². The van der Waals surface area contributed by atoms with Gasteiger partial charge in [-0.2, -0.15) is 0 Å². The quantitative estimate of drug-likeness (QED) is 0.0618. The molecule has 124 heavy (non-hydrogen) atoms. The van der Waals surface area contributed by atoms with E-state index in [2.05, 4.69) is 246 Å². The minimum Gasteiger partial charge on any atom is -0.379 e. The van der Waals surface area contributed by atoms with Crippen LogP contribution in [0.1, 0.15) is 319 Å². The van der Waals surface area contributed by atoms with Crippen molar-refractivity contribution in [3.63, 3.8) is 0 Å². The Balaban J connectivity index is 0.000000266. The van der Waals surface area contributed by atoms with Crippen LogP contribution in [0.25, 0.3) is 0 Å². The van der Waals surface area contributed by atoms with Crippen molar-refractivity contribution in [3.8, 4) is 0 Å². The van der Waals surface area contributed by atoms with Crippen molar-refractivity contribution < 1.29 is 33.5 Å². The molecule has 18 heteroatoms. The molecule has 0 radical (unpaired) electrons. The van der Waals surface area contributed by atoms with Crippen molar-refractivity contribution in [1.82, 2.24) is 53.9 Å². The fourth-order valence-electron chi connectivity index (χ4n) is 20.5. The molecule has 0 atom stereocenters. The smallest absolute Gasteiger partial charge is 0.140 e. The van der Waals surface area contributed by atoms with Gasteiger partial charge in [-0.3, -0.25) is 38.6 Å². The Hall–Kier alpha value is -3.24. The van der Waals surface area contributed by atoms with Crippen LogP contribution in [0.3, 0.4) is 0 Å². The molecule has 0 spiro atoms. The third kappa shape index (κ3) is 38.2. The van der Waals surface area contributed by atoms with E-state index in [1.54, 1.807) is 0 Å². The molecule has 18 nitrogen and oxygen atoms in total. The lowest BCUT2D eigenvalue weighted by Crippen LogP contribution is -2.55. The monoisotopic (exact) mass is 1740 g/mol. The Morgan fingerprint density at radius 3 is 0.952 bits per heavy atom. The first-order valence-electron chi connectivity index (χ1n) is 51.3. The number of morpholine rings is 1. The molecule has 9 heterocycles. The number of nitrogens with zero attached hydrogens (tertiary/aromatic N) is 11. The van der Waals surface area contributed by atoms with Crippen LogP contribution in [-0.2, 0) is 39.9 Å². The topological polar surface area (TPSA) is 147 Å². The number of carbonyl (C=O) groups is 6. The standard InChI is InChI=1S/C21H41N3O.C19H36N2O2.C18H34N2O.C17H34N2O.C17H25NO.C14H27NO/c1-6-22-13-15-23(16-14-22)17-21(20(25)8-7-18(2)3)9-11-24(12-10-21)19(4)5;1-16(2)5-6-18(22)19(15-20-11-13-23-14-12-20)7-9-21(10-8-19)17(3)4;1-15(2)6-7-17(21)18(14-19-10-5-11-19)8-12-20(13-9-18)16(3)4;1-14(2)7-8-16(20)17(13-18(5)6)9-11-19(12-10-17)15(3)4;1-14(2)18-12-10-16(11-13-18)17(19)9-8-15-6-4-3-5-7-15;1-11(2)10-13(16)14(5)6-8-15(9-7-14)12(3)4/h18-19H,6-17H2,1-5H3;16-17H,5-15H2,1-4H3;15-16H,5-14H2,1-4H3;14-15H,7-13H2,1-6H3;3-7,14,16H,8-13H2,1-2H3;11-12H,6-10H2,1-5H3. The first-order chi connectivity index (χ1) is 58.5. The zero-order valence-electron chi connectivity index (χ0n) is 85.7. The zero-order chi connectivity index (χ0) is 92.1. The number of carbonyl (C=O) groups excluding carboxylic acids is 6. The SMILES string of the molecule is CC(C)CC(=O)C1(C)CCN(C(C)C)CC1.CC(C)CCC(=O)C1(CN(C)C)CCN(C(C)C)CC1.CC(C)CCC(=O)C1(CN2CCC2)CCN(C(C)C)CC1.CC(C)CCC(=O)C1(CN2CCOCC2)CCN(C(C)C)CC1.CC(C)N1CCC(C(=O)CCc2ccccc2)CC1.CCN1CCN(CC2(C(=O)CCC(C)C)CCN(C(C)C)CC2)CC1. The molecule has 10 rings (SSSR count). The van der Waals surface area contributed by atoms with Crippen LogP contribution in [0.15, 0.2) is 30.3 Å². The number of piperidine rings is 6. The van der Waals surface area contributed by atoms with Crippen molar-refractivity contribution in [1.29, 1.82) is 0 Å². The molecule has 9 aliphatic heterocycles. The van der Waals surface area contributed by atoms with E-state index in [4.69, 9.17) is 4.74 Å². The number of rotatable bonds is 38. The minimum absolute atomic E-state index is 0.0410. The van der Waals surface area contributed by atoms with Gasteiger partial charge in [0, 0.05) is 173 Å². The van der Waals surface area contributed by atoms with Crippen LogP contribution in [0.4, 0.5) is 0 Å². The summed E-state index contributed by atoms with van der Waals surface area (Å²) in [6.07, 6.45) is 23.4. The summed E-state index contributed by atoms with van der Waals surface area (Å²) in [6.45, 7) is 82.0. The summed E-state index contributed by atoms with van der Waals surface area (Å²) in [4.78, 5) is 104.